The number of benzene rings is 1. The Bertz CT molecular complexity index is 1190. The first-order valence-corrected chi connectivity index (χ1v) is 11.4. The summed E-state index contributed by atoms with van der Waals surface area (Å²) in [5.74, 6) is -1.01. The number of rotatable bonds is 6. The number of aryl methyl sites for hydroxylation is 1. The third-order valence-electron chi connectivity index (χ3n) is 6.14. The van der Waals surface area contributed by atoms with Gasteiger partial charge in [-0.2, -0.15) is 13.2 Å². The molecular weight excluding hydrogens is 488 g/mol. The summed E-state index contributed by atoms with van der Waals surface area (Å²) >= 11 is 6.00. The standard InChI is InChI=1S/C24H23ClF4N4O2/c1-14-8-21(35-33-14)23(20-7-6-17(25)12-30-20,13-31-22(34)32-19-4-2-3-5-19)15-9-16(24(27,28)29)11-18(26)10-15/h6-12,19H,2-5,13H2,1H3,(H2,31,32,34). The molecule has 0 aliphatic heterocycles. The molecule has 1 aliphatic carbocycles. The molecule has 2 heterocycles. The van der Waals surface area contributed by atoms with Crippen LogP contribution in [-0.4, -0.2) is 28.8 Å². The summed E-state index contributed by atoms with van der Waals surface area (Å²) in [7, 11) is 0. The zero-order valence-electron chi connectivity index (χ0n) is 18.8. The van der Waals surface area contributed by atoms with Crippen molar-refractivity contribution >= 4 is 17.6 Å². The van der Waals surface area contributed by atoms with Gasteiger partial charge in [0, 0.05) is 24.8 Å². The molecule has 1 aromatic carbocycles. The number of alkyl halides is 3. The van der Waals surface area contributed by atoms with Crippen LogP contribution >= 0.6 is 11.6 Å². The van der Waals surface area contributed by atoms with Gasteiger partial charge in [0.25, 0.3) is 0 Å². The highest BCUT2D eigenvalue weighted by atomic mass is 35.5. The van der Waals surface area contributed by atoms with Crippen LogP contribution in [0.25, 0.3) is 0 Å². The number of nitrogens with one attached hydrogen (secondary N) is 2. The quantitative estimate of drug-likeness (QED) is 0.413. The highest BCUT2D eigenvalue weighted by Crippen LogP contribution is 2.41. The Morgan fingerprint density at radius 2 is 1.86 bits per heavy atom. The molecule has 0 spiro atoms. The second-order valence-corrected chi connectivity index (χ2v) is 9.07. The second kappa shape index (κ2) is 9.85. The number of carbonyl (C=O) groups is 1. The smallest absolute Gasteiger partial charge is 0.360 e. The fraction of sp³-hybridized carbons (Fsp3) is 0.375. The Kier molecular flexibility index (Phi) is 7.02. The molecule has 3 aromatic rings. The SMILES string of the molecule is Cc1cc(C(CNC(=O)NC2CCCC2)(c2cc(F)cc(C(F)(F)F)c2)c2ccc(Cl)cn2)on1. The van der Waals surface area contributed by atoms with Gasteiger partial charge >= 0.3 is 12.2 Å². The van der Waals surface area contributed by atoms with Gasteiger partial charge in [0.2, 0.25) is 0 Å². The Morgan fingerprint density at radius 3 is 2.46 bits per heavy atom. The van der Waals surface area contributed by atoms with Crippen molar-refractivity contribution in [1.82, 2.24) is 20.8 Å². The summed E-state index contributed by atoms with van der Waals surface area (Å²) in [4.78, 5) is 17.0. The van der Waals surface area contributed by atoms with Gasteiger partial charge in [-0.3, -0.25) is 4.98 Å². The van der Waals surface area contributed by atoms with Crippen LogP contribution in [0.3, 0.4) is 0 Å². The van der Waals surface area contributed by atoms with Crippen molar-refractivity contribution in [2.45, 2.75) is 50.2 Å². The molecule has 0 bridgehead atoms. The lowest BCUT2D eigenvalue weighted by molar-refractivity contribution is -0.137. The van der Waals surface area contributed by atoms with Crippen LogP contribution in [0.1, 0.15) is 54.0 Å². The topological polar surface area (TPSA) is 80.0 Å². The minimum Gasteiger partial charge on any atom is -0.360 e. The molecule has 11 heteroatoms. The molecule has 0 radical (unpaired) electrons. The normalized spacial score (nSPS) is 16.2. The first kappa shape index (κ1) is 25.0. The monoisotopic (exact) mass is 510 g/mol. The average molecular weight is 511 g/mol. The van der Waals surface area contributed by atoms with Crippen LogP contribution in [0.4, 0.5) is 22.4 Å². The highest BCUT2D eigenvalue weighted by molar-refractivity contribution is 6.30. The summed E-state index contributed by atoms with van der Waals surface area (Å²) in [5, 5.41) is 9.78. The molecule has 1 aliphatic rings. The molecule has 2 N–H and O–H groups in total. The third kappa shape index (κ3) is 5.42. The zero-order chi connectivity index (χ0) is 25.2. The summed E-state index contributed by atoms with van der Waals surface area (Å²) < 4.78 is 60.9. The van der Waals surface area contributed by atoms with Gasteiger partial charge in [-0.1, -0.05) is 29.6 Å². The molecular formula is C24H23ClF4N4O2. The van der Waals surface area contributed by atoms with Crippen LogP contribution in [0, 0.1) is 12.7 Å². The van der Waals surface area contributed by atoms with Crippen LogP contribution in [0.5, 0.6) is 0 Å². The van der Waals surface area contributed by atoms with E-state index in [-0.39, 0.29) is 29.6 Å². The van der Waals surface area contributed by atoms with Gasteiger partial charge < -0.3 is 15.2 Å². The molecule has 0 saturated heterocycles. The molecule has 4 rings (SSSR count). The van der Waals surface area contributed by atoms with Gasteiger partial charge in [0.05, 0.1) is 22.0 Å². The lowest BCUT2D eigenvalue weighted by atomic mass is 9.74. The number of halogens is 5. The Balaban J connectivity index is 1.86. The average Bonchev–Trinajstić information content (AvgIpc) is 3.46. The maximum Gasteiger partial charge on any atom is 0.416 e. The summed E-state index contributed by atoms with van der Waals surface area (Å²) in [6.07, 6.45) is 0.210. The predicted octanol–water partition coefficient (Wildman–Crippen LogP) is 5.77. The van der Waals surface area contributed by atoms with Crippen LogP contribution in [0.15, 0.2) is 47.1 Å². The minimum absolute atomic E-state index is 0.0107. The number of carbonyl (C=O) groups excluding carboxylic acids is 1. The first-order chi connectivity index (χ1) is 16.6. The Hall–Kier alpha value is -3.14. The lowest BCUT2D eigenvalue weighted by Crippen LogP contribution is -2.48. The molecule has 186 valence electrons. The van der Waals surface area contributed by atoms with E-state index in [4.69, 9.17) is 16.1 Å². The van der Waals surface area contributed by atoms with Gasteiger partial charge in [0.15, 0.2) is 5.76 Å². The minimum atomic E-state index is -4.80. The maximum absolute atomic E-state index is 14.6. The molecule has 1 saturated carbocycles. The number of nitrogens with zero attached hydrogens (tertiary/aromatic N) is 2. The number of pyridine rings is 1. The number of amides is 2. The van der Waals surface area contributed by atoms with Crippen molar-refractivity contribution in [3.63, 3.8) is 0 Å². The maximum atomic E-state index is 14.6. The fourth-order valence-electron chi connectivity index (χ4n) is 4.41. The molecule has 6 nitrogen and oxygen atoms in total. The number of aromatic nitrogens is 2. The number of urea groups is 1. The van der Waals surface area contributed by atoms with E-state index in [1.807, 2.05) is 0 Å². The summed E-state index contributed by atoms with van der Waals surface area (Å²) in [6.45, 7) is 1.36. The highest BCUT2D eigenvalue weighted by Gasteiger charge is 2.44. The Labute approximate surface area is 204 Å². The Morgan fingerprint density at radius 1 is 1.14 bits per heavy atom. The van der Waals surface area contributed by atoms with E-state index in [0.717, 1.165) is 37.8 Å². The van der Waals surface area contributed by atoms with E-state index in [2.05, 4.69) is 20.8 Å². The molecule has 35 heavy (non-hydrogen) atoms. The van der Waals surface area contributed by atoms with E-state index < -0.39 is 29.0 Å². The van der Waals surface area contributed by atoms with E-state index >= 15 is 0 Å². The predicted molar refractivity (Wildman–Crippen MR) is 121 cm³/mol. The van der Waals surface area contributed by atoms with Crippen molar-refractivity contribution in [3.05, 3.63) is 81.7 Å². The first-order valence-electron chi connectivity index (χ1n) is 11.1. The van der Waals surface area contributed by atoms with E-state index in [9.17, 15) is 22.4 Å². The molecule has 1 fully saturated rings. The van der Waals surface area contributed by atoms with Crippen molar-refractivity contribution < 1.29 is 26.9 Å². The largest absolute Gasteiger partial charge is 0.416 e. The number of hydrogen-bond donors (Lipinski definition) is 2. The lowest BCUT2D eigenvalue weighted by Gasteiger charge is -2.32. The van der Waals surface area contributed by atoms with Crippen molar-refractivity contribution in [1.29, 1.82) is 0 Å². The van der Waals surface area contributed by atoms with Gasteiger partial charge in [-0.25, -0.2) is 9.18 Å². The third-order valence-corrected chi connectivity index (χ3v) is 6.36. The molecule has 1 unspecified atom stereocenters. The van der Waals surface area contributed by atoms with E-state index in [1.54, 1.807) is 6.92 Å². The second-order valence-electron chi connectivity index (χ2n) is 8.63. The summed E-state index contributed by atoms with van der Waals surface area (Å²) in [6, 6.07) is 6.24. The van der Waals surface area contributed by atoms with E-state index in [1.165, 1.54) is 24.4 Å². The van der Waals surface area contributed by atoms with Crippen LogP contribution in [0.2, 0.25) is 5.02 Å². The van der Waals surface area contributed by atoms with Gasteiger partial charge in [-0.15, -0.1) is 0 Å². The van der Waals surface area contributed by atoms with Gasteiger partial charge in [0.1, 0.15) is 11.2 Å². The van der Waals surface area contributed by atoms with Crippen molar-refractivity contribution in [2.75, 3.05) is 6.54 Å². The van der Waals surface area contributed by atoms with Crippen molar-refractivity contribution in [2.24, 2.45) is 0 Å². The van der Waals surface area contributed by atoms with Gasteiger partial charge in [-0.05, 0) is 55.7 Å². The van der Waals surface area contributed by atoms with E-state index in [0.29, 0.717) is 16.8 Å². The molecule has 2 aromatic heterocycles. The summed E-state index contributed by atoms with van der Waals surface area (Å²) in [5.41, 5.74) is -2.30. The fourth-order valence-corrected chi connectivity index (χ4v) is 4.52. The molecule has 1 atom stereocenters. The number of hydrogen-bond acceptors (Lipinski definition) is 4. The zero-order valence-corrected chi connectivity index (χ0v) is 19.5. The van der Waals surface area contributed by atoms with Crippen molar-refractivity contribution in [3.8, 4) is 0 Å². The molecule has 2 amide bonds. The van der Waals surface area contributed by atoms with Crippen LogP contribution < -0.4 is 10.6 Å². The van der Waals surface area contributed by atoms with Crippen LogP contribution in [-0.2, 0) is 11.6 Å².